The van der Waals surface area contributed by atoms with E-state index in [1.807, 2.05) is 62.4 Å². The average molecular weight is 553 g/mol. The number of carbonyl (C=O) groups is 4. The molecule has 41 heavy (non-hydrogen) atoms. The largest absolute Gasteiger partial charge is 0.495 e. The third-order valence-electron chi connectivity index (χ3n) is 8.49. The fraction of sp³-hybridized carbons (Fsp3) is 0.333. The standard InChI is InChI=1S/C33H32N2O6/c1-18(2)16-24(33(39)41-17-26(36)34-23-14-8-9-15-25(23)40-3)35-31(37)29-27-19-10-4-5-11-20(19)28(30(29)32(35)38)22-13-7-6-12-21(22)27/h4-15,18,24,27-30H,16-17H2,1-3H3,(H,34,36)/t24-,27?,28?,29-,30+/m1/s1. The topological polar surface area (TPSA) is 102 Å². The van der Waals surface area contributed by atoms with Crippen LogP contribution in [0.5, 0.6) is 5.75 Å². The maximum Gasteiger partial charge on any atom is 0.329 e. The van der Waals surface area contributed by atoms with Gasteiger partial charge in [-0.3, -0.25) is 19.3 Å². The van der Waals surface area contributed by atoms with E-state index in [1.54, 1.807) is 24.3 Å². The molecule has 1 heterocycles. The van der Waals surface area contributed by atoms with Crippen molar-refractivity contribution in [2.75, 3.05) is 19.0 Å². The molecule has 7 rings (SSSR count). The van der Waals surface area contributed by atoms with E-state index in [2.05, 4.69) is 5.32 Å². The number of nitrogens with zero attached hydrogens (tertiary/aromatic N) is 1. The van der Waals surface area contributed by atoms with E-state index in [1.165, 1.54) is 7.11 Å². The number of para-hydroxylation sites is 2. The van der Waals surface area contributed by atoms with Crippen molar-refractivity contribution in [3.63, 3.8) is 0 Å². The lowest BCUT2D eigenvalue weighted by Gasteiger charge is -2.45. The van der Waals surface area contributed by atoms with Crippen molar-refractivity contribution < 1.29 is 28.7 Å². The van der Waals surface area contributed by atoms with E-state index in [0.717, 1.165) is 27.2 Å². The van der Waals surface area contributed by atoms with Crippen LogP contribution in [0.3, 0.4) is 0 Å². The van der Waals surface area contributed by atoms with E-state index in [4.69, 9.17) is 9.47 Å². The number of likely N-dealkylation sites (tertiary alicyclic amines) is 1. The highest BCUT2D eigenvalue weighted by Gasteiger charge is 2.63. The van der Waals surface area contributed by atoms with Crippen molar-refractivity contribution in [3.8, 4) is 5.75 Å². The molecule has 0 spiro atoms. The summed E-state index contributed by atoms with van der Waals surface area (Å²) in [4.78, 5) is 55.6. The molecule has 1 aliphatic heterocycles. The fourth-order valence-electron chi connectivity index (χ4n) is 6.93. The molecule has 4 aliphatic rings. The molecule has 3 atom stereocenters. The highest BCUT2D eigenvalue weighted by molar-refractivity contribution is 6.10. The van der Waals surface area contributed by atoms with Gasteiger partial charge in [0.1, 0.15) is 11.8 Å². The highest BCUT2D eigenvalue weighted by Crippen LogP contribution is 2.61. The maximum absolute atomic E-state index is 14.1. The van der Waals surface area contributed by atoms with Crippen molar-refractivity contribution >= 4 is 29.4 Å². The van der Waals surface area contributed by atoms with Crippen molar-refractivity contribution in [1.82, 2.24) is 4.90 Å². The van der Waals surface area contributed by atoms with Crippen LogP contribution in [0.15, 0.2) is 72.8 Å². The lowest BCUT2D eigenvalue weighted by Crippen LogP contribution is -2.47. The smallest absolute Gasteiger partial charge is 0.329 e. The van der Waals surface area contributed by atoms with Crippen LogP contribution in [0.25, 0.3) is 0 Å². The molecule has 0 unspecified atom stereocenters. The third kappa shape index (κ3) is 4.38. The average Bonchev–Trinajstić information content (AvgIpc) is 3.24. The Morgan fingerprint density at radius 2 is 1.29 bits per heavy atom. The molecule has 0 radical (unpaired) electrons. The van der Waals surface area contributed by atoms with Gasteiger partial charge in [-0.25, -0.2) is 4.79 Å². The van der Waals surface area contributed by atoms with Gasteiger partial charge in [-0.05, 0) is 46.7 Å². The molecule has 3 aliphatic carbocycles. The predicted octanol–water partition coefficient (Wildman–Crippen LogP) is 4.48. The van der Waals surface area contributed by atoms with Crippen LogP contribution in [-0.4, -0.2) is 48.3 Å². The summed E-state index contributed by atoms with van der Waals surface area (Å²) in [5.74, 6) is -3.26. The second-order valence-corrected chi connectivity index (χ2v) is 11.3. The zero-order valence-electron chi connectivity index (χ0n) is 23.2. The quantitative estimate of drug-likeness (QED) is 0.327. The maximum atomic E-state index is 14.1. The first-order valence-corrected chi connectivity index (χ1v) is 14.0. The molecule has 8 heteroatoms. The number of ether oxygens (including phenoxy) is 2. The van der Waals surface area contributed by atoms with Crippen LogP contribution in [0, 0.1) is 17.8 Å². The number of esters is 1. The van der Waals surface area contributed by atoms with Gasteiger partial charge < -0.3 is 14.8 Å². The van der Waals surface area contributed by atoms with E-state index >= 15 is 0 Å². The number of benzene rings is 3. The number of hydrogen-bond acceptors (Lipinski definition) is 6. The van der Waals surface area contributed by atoms with Gasteiger partial charge in [-0.1, -0.05) is 74.5 Å². The first-order valence-electron chi connectivity index (χ1n) is 14.0. The van der Waals surface area contributed by atoms with E-state index < -0.39 is 36.4 Å². The number of hydrogen-bond donors (Lipinski definition) is 1. The highest BCUT2D eigenvalue weighted by atomic mass is 16.5. The monoisotopic (exact) mass is 552 g/mol. The fourth-order valence-corrected chi connectivity index (χ4v) is 6.93. The number of nitrogens with one attached hydrogen (secondary N) is 1. The Morgan fingerprint density at radius 3 is 1.78 bits per heavy atom. The van der Waals surface area contributed by atoms with E-state index in [0.29, 0.717) is 11.4 Å². The van der Waals surface area contributed by atoms with Crippen molar-refractivity contribution in [3.05, 3.63) is 95.1 Å². The first kappa shape index (κ1) is 26.7. The zero-order chi connectivity index (χ0) is 28.8. The SMILES string of the molecule is COc1ccccc1NC(=O)COC(=O)[C@@H](CC(C)C)N1C(=O)[C@@H]2C3c4ccccc4C(c4ccccc43)[C@@H]2C1=O. The van der Waals surface area contributed by atoms with Crippen LogP contribution < -0.4 is 10.1 Å². The Hall–Kier alpha value is -4.46. The molecule has 3 aromatic carbocycles. The van der Waals surface area contributed by atoms with Crippen molar-refractivity contribution in [2.24, 2.45) is 17.8 Å². The molecule has 2 bridgehead atoms. The summed E-state index contributed by atoms with van der Waals surface area (Å²) in [5, 5.41) is 2.68. The molecule has 3 aromatic rings. The Morgan fingerprint density at radius 1 is 0.805 bits per heavy atom. The van der Waals surface area contributed by atoms with Gasteiger partial charge in [0.2, 0.25) is 11.8 Å². The Kier molecular flexibility index (Phi) is 6.85. The summed E-state index contributed by atoms with van der Waals surface area (Å²) >= 11 is 0. The minimum Gasteiger partial charge on any atom is -0.495 e. The summed E-state index contributed by atoms with van der Waals surface area (Å²) < 4.78 is 10.7. The summed E-state index contributed by atoms with van der Waals surface area (Å²) in [6.07, 6.45) is 0.235. The lowest BCUT2D eigenvalue weighted by molar-refractivity contribution is -0.160. The number of imide groups is 1. The number of rotatable bonds is 8. The van der Waals surface area contributed by atoms with Gasteiger partial charge in [0.05, 0.1) is 24.6 Å². The van der Waals surface area contributed by atoms with Crippen molar-refractivity contribution in [1.29, 1.82) is 0 Å². The summed E-state index contributed by atoms with van der Waals surface area (Å²) in [6, 6.07) is 21.8. The van der Waals surface area contributed by atoms with Gasteiger partial charge in [0.15, 0.2) is 6.61 Å². The van der Waals surface area contributed by atoms with Gasteiger partial charge in [0.25, 0.3) is 5.91 Å². The van der Waals surface area contributed by atoms with Crippen molar-refractivity contribution in [2.45, 2.75) is 38.1 Å². The zero-order valence-corrected chi connectivity index (χ0v) is 23.2. The number of amides is 3. The van der Waals surface area contributed by atoms with E-state index in [-0.39, 0.29) is 36.0 Å². The van der Waals surface area contributed by atoms with Crippen LogP contribution in [0.1, 0.15) is 54.4 Å². The lowest BCUT2D eigenvalue weighted by atomic mass is 9.55. The minimum absolute atomic E-state index is 0.00991. The Bertz CT molecular complexity index is 1430. The van der Waals surface area contributed by atoms with Gasteiger partial charge >= 0.3 is 5.97 Å². The molecule has 1 fully saturated rings. The molecule has 210 valence electrons. The summed E-state index contributed by atoms with van der Waals surface area (Å²) in [6.45, 7) is 3.28. The molecular weight excluding hydrogens is 520 g/mol. The Labute approximate surface area is 238 Å². The van der Waals surface area contributed by atoms with Crippen LogP contribution in [0.2, 0.25) is 0 Å². The molecule has 0 saturated carbocycles. The first-order chi connectivity index (χ1) is 19.8. The van der Waals surface area contributed by atoms with Gasteiger partial charge in [-0.2, -0.15) is 0 Å². The van der Waals surface area contributed by atoms with Gasteiger partial charge in [-0.15, -0.1) is 0 Å². The van der Waals surface area contributed by atoms with Crippen LogP contribution >= 0.6 is 0 Å². The second kappa shape index (κ2) is 10.5. The molecule has 1 saturated heterocycles. The number of carbonyl (C=O) groups excluding carboxylic acids is 4. The van der Waals surface area contributed by atoms with E-state index in [9.17, 15) is 19.2 Å². The molecule has 3 amide bonds. The van der Waals surface area contributed by atoms with Crippen LogP contribution in [-0.2, 0) is 23.9 Å². The molecule has 1 N–H and O–H groups in total. The van der Waals surface area contributed by atoms with Gasteiger partial charge in [0, 0.05) is 11.8 Å². The number of methoxy groups -OCH3 is 1. The molecular formula is C33H32N2O6. The Balaban J connectivity index is 1.27. The summed E-state index contributed by atoms with van der Waals surface area (Å²) in [7, 11) is 1.49. The normalized spacial score (nSPS) is 22.6. The molecule has 0 aromatic heterocycles. The number of anilines is 1. The third-order valence-corrected chi connectivity index (χ3v) is 8.49. The minimum atomic E-state index is -1.12. The molecule has 8 nitrogen and oxygen atoms in total. The summed E-state index contributed by atoms with van der Waals surface area (Å²) in [5.41, 5.74) is 4.71. The van der Waals surface area contributed by atoms with Crippen LogP contribution in [0.4, 0.5) is 5.69 Å². The second-order valence-electron chi connectivity index (χ2n) is 11.3. The predicted molar refractivity (Wildman–Crippen MR) is 151 cm³/mol.